The average molecular weight is 420 g/mol. The number of halogens is 2. The van der Waals surface area contributed by atoms with Gasteiger partial charge in [0.1, 0.15) is 17.7 Å². The molecule has 162 valence electrons. The van der Waals surface area contributed by atoms with E-state index in [1.165, 1.54) is 6.07 Å². The lowest BCUT2D eigenvalue weighted by Gasteiger charge is -2.28. The van der Waals surface area contributed by atoms with E-state index >= 15 is 8.78 Å². The van der Waals surface area contributed by atoms with Crippen molar-refractivity contribution in [2.45, 2.75) is 76.3 Å². The Morgan fingerprint density at radius 1 is 1.27 bits per heavy atom. The molecule has 0 aromatic heterocycles. The number of aliphatic carboxylic acids is 1. The third-order valence-electron chi connectivity index (χ3n) is 6.69. The Hall–Kier alpha value is -2.51. The third kappa shape index (κ3) is 3.08. The minimum absolute atomic E-state index is 0.0107. The van der Waals surface area contributed by atoms with Crippen LogP contribution in [0.3, 0.4) is 0 Å². The first-order chi connectivity index (χ1) is 14.1. The van der Waals surface area contributed by atoms with Gasteiger partial charge in [-0.1, -0.05) is 0 Å². The van der Waals surface area contributed by atoms with Crippen molar-refractivity contribution in [1.82, 2.24) is 4.90 Å². The Morgan fingerprint density at radius 3 is 2.53 bits per heavy atom. The van der Waals surface area contributed by atoms with Crippen molar-refractivity contribution in [3.05, 3.63) is 28.8 Å². The number of hydrogen-bond donors (Lipinski definition) is 1. The summed E-state index contributed by atoms with van der Waals surface area (Å²) >= 11 is 0. The maximum Gasteiger partial charge on any atom is 0.303 e. The van der Waals surface area contributed by atoms with Gasteiger partial charge >= 0.3 is 5.97 Å². The number of benzene rings is 1. The second-order valence-electron chi connectivity index (χ2n) is 9.18. The zero-order chi connectivity index (χ0) is 22.0. The molecular weight excluding hydrogens is 394 g/mol. The molecular formula is C22H26F2N2O4. The van der Waals surface area contributed by atoms with Crippen LogP contribution in [0.4, 0.5) is 14.5 Å². The maximum atomic E-state index is 15.4. The second-order valence-corrected chi connectivity index (χ2v) is 9.18. The summed E-state index contributed by atoms with van der Waals surface area (Å²) in [5.74, 6) is -3.00. The van der Waals surface area contributed by atoms with E-state index in [0.717, 1.165) is 17.7 Å². The Labute approximate surface area is 173 Å². The van der Waals surface area contributed by atoms with Crippen molar-refractivity contribution in [2.24, 2.45) is 0 Å². The summed E-state index contributed by atoms with van der Waals surface area (Å²) in [6, 6.07) is -0.0474. The van der Waals surface area contributed by atoms with E-state index < -0.39 is 35.0 Å². The molecule has 1 aromatic rings. The van der Waals surface area contributed by atoms with E-state index in [1.807, 2.05) is 0 Å². The van der Waals surface area contributed by atoms with Gasteiger partial charge in [-0.05, 0) is 64.0 Å². The molecule has 8 heteroatoms. The van der Waals surface area contributed by atoms with E-state index in [4.69, 9.17) is 5.11 Å². The number of hydrogen-bond acceptors (Lipinski definition) is 3. The Morgan fingerprint density at radius 2 is 1.93 bits per heavy atom. The largest absolute Gasteiger partial charge is 0.481 e. The Balaban J connectivity index is 1.68. The first kappa shape index (κ1) is 20.8. The van der Waals surface area contributed by atoms with Crippen molar-refractivity contribution in [3.63, 3.8) is 0 Å². The van der Waals surface area contributed by atoms with E-state index in [1.54, 1.807) is 25.7 Å². The van der Waals surface area contributed by atoms with E-state index in [0.29, 0.717) is 18.5 Å². The minimum atomic E-state index is -1.27. The molecule has 2 heterocycles. The van der Waals surface area contributed by atoms with Crippen molar-refractivity contribution >= 4 is 23.5 Å². The predicted octanol–water partition coefficient (Wildman–Crippen LogP) is 3.32. The van der Waals surface area contributed by atoms with Gasteiger partial charge < -0.3 is 10.0 Å². The summed E-state index contributed by atoms with van der Waals surface area (Å²) in [7, 11) is 0. The first-order valence-electron chi connectivity index (χ1n) is 10.4. The van der Waals surface area contributed by atoms with Crippen molar-refractivity contribution in [3.8, 4) is 0 Å². The van der Waals surface area contributed by atoms with Gasteiger partial charge in [-0.25, -0.2) is 8.78 Å². The van der Waals surface area contributed by atoms with Crippen LogP contribution in [0.25, 0.3) is 0 Å². The lowest BCUT2D eigenvalue weighted by molar-refractivity contribution is -0.138. The van der Waals surface area contributed by atoms with Crippen LogP contribution in [0.1, 0.15) is 69.9 Å². The number of rotatable bonds is 6. The lowest BCUT2D eigenvalue weighted by atomic mass is 9.84. The number of anilines is 1. The molecule has 0 spiro atoms. The van der Waals surface area contributed by atoms with Crippen LogP contribution in [0.2, 0.25) is 0 Å². The summed E-state index contributed by atoms with van der Waals surface area (Å²) in [6.45, 7) is 5.24. The fourth-order valence-corrected chi connectivity index (χ4v) is 4.79. The van der Waals surface area contributed by atoms with Crippen LogP contribution in [-0.2, 0) is 19.8 Å². The highest BCUT2D eigenvalue weighted by Gasteiger charge is 2.54. The van der Waals surface area contributed by atoms with E-state index in [2.05, 4.69) is 0 Å². The predicted molar refractivity (Wildman–Crippen MR) is 105 cm³/mol. The maximum absolute atomic E-state index is 15.4. The molecule has 2 fully saturated rings. The van der Waals surface area contributed by atoms with Crippen molar-refractivity contribution < 1.29 is 28.3 Å². The van der Waals surface area contributed by atoms with Gasteiger partial charge in [0.2, 0.25) is 11.8 Å². The van der Waals surface area contributed by atoms with Crippen LogP contribution >= 0.6 is 0 Å². The Bertz CT molecular complexity index is 942. The molecule has 2 unspecified atom stereocenters. The fraction of sp³-hybridized carbons (Fsp3) is 0.591. The zero-order valence-electron chi connectivity index (χ0n) is 17.4. The zero-order valence-corrected chi connectivity index (χ0v) is 17.4. The number of carboxylic acid groups (broad SMARTS) is 1. The lowest BCUT2D eigenvalue weighted by Crippen LogP contribution is -2.48. The smallest absolute Gasteiger partial charge is 0.303 e. The Kier molecular flexibility index (Phi) is 4.86. The number of amides is 2. The molecule has 0 bridgehead atoms. The van der Waals surface area contributed by atoms with Gasteiger partial charge in [0.15, 0.2) is 0 Å². The number of likely N-dealkylation sites (tertiary alicyclic amines) is 1. The molecule has 1 aliphatic carbocycles. The molecule has 30 heavy (non-hydrogen) atoms. The number of carbonyl (C=O) groups is 3. The van der Waals surface area contributed by atoms with Crippen LogP contribution < -0.4 is 4.90 Å². The number of carbonyl (C=O) groups excluding carboxylic acids is 2. The van der Waals surface area contributed by atoms with Gasteiger partial charge in [0.05, 0.1) is 11.1 Å². The van der Waals surface area contributed by atoms with Gasteiger partial charge in [0, 0.05) is 24.6 Å². The highest BCUT2D eigenvalue weighted by atomic mass is 19.1. The highest BCUT2D eigenvalue weighted by molar-refractivity contribution is 6.12. The number of carboxylic acids is 1. The van der Waals surface area contributed by atoms with Crippen LogP contribution in [0, 0.1) is 11.6 Å². The molecule has 1 aromatic carbocycles. The molecule has 4 rings (SSSR count). The summed E-state index contributed by atoms with van der Waals surface area (Å²) < 4.78 is 30.5. The molecule has 6 nitrogen and oxygen atoms in total. The van der Waals surface area contributed by atoms with Gasteiger partial charge in [-0.15, -0.1) is 0 Å². The molecule has 1 saturated heterocycles. The molecule has 2 amide bonds. The average Bonchev–Trinajstić information content (AvgIpc) is 3.41. The van der Waals surface area contributed by atoms with E-state index in [9.17, 15) is 14.4 Å². The quantitative estimate of drug-likeness (QED) is 0.766. The summed E-state index contributed by atoms with van der Waals surface area (Å²) in [4.78, 5) is 39.9. The molecule has 0 radical (unpaired) electrons. The van der Waals surface area contributed by atoms with E-state index in [-0.39, 0.29) is 42.0 Å². The fourth-order valence-electron chi connectivity index (χ4n) is 4.79. The molecule has 1 N–H and O–H groups in total. The summed E-state index contributed by atoms with van der Waals surface area (Å²) in [6.07, 6.45) is 2.12. The number of nitrogens with zero attached hydrogens (tertiary/aromatic N) is 2. The number of fused-ring (bicyclic) bond motifs is 1. The normalized spacial score (nSPS) is 23.8. The summed E-state index contributed by atoms with van der Waals surface area (Å²) in [5, 5.41) is 8.89. The molecule has 2 atom stereocenters. The standard InChI is InChI=1S/C22H26F2N2O4/c1-11(4-7-16(27)28)25-9-8-15(20(25)29)26-19-14(23)10-13(12-5-6-12)18(24)17(19)22(2,3)21(26)30/h10-12,15H,4-9H2,1-3H3,(H,27,28). The minimum Gasteiger partial charge on any atom is -0.481 e. The monoisotopic (exact) mass is 420 g/mol. The van der Waals surface area contributed by atoms with Gasteiger partial charge in [0.25, 0.3) is 0 Å². The van der Waals surface area contributed by atoms with Crippen molar-refractivity contribution in [2.75, 3.05) is 11.4 Å². The van der Waals surface area contributed by atoms with Gasteiger partial charge in [-0.3, -0.25) is 19.3 Å². The summed E-state index contributed by atoms with van der Waals surface area (Å²) in [5.41, 5.74) is -1.03. The first-order valence-corrected chi connectivity index (χ1v) is 10.4. The van der Waals surface area contributed by atoms with Crippen LogP contribution in [0.5, 0.6) is 0 Å². The highest BCUT2D eigenvalue weighted by Crippen LogP contribution is 2.51. The van der Waals surface area contributed by atoms with Crippen molar-refractivity contribution in [1.29, 1.82) is 0 Å². The van der Waals surface area contributed by atoms with Crippen LogP contribution in [0.15, 0.2) is 6.07 Å². The van der Waals surface area contributed by atoms with Crippen LogP contribution in [-0.4, -0.2) is 46.4 Å². The molecule has 3 aliphatic rings. The van der Waals surface area contributed by atoms with Gasteiger partial charge in [-0.2, -0.15) is 0 Å². The molecule has 1 saturated carbocycles. The SMILES string of the molecule is CC(CCC(=O)O)N1CCC(N2C(=O)C(C)(C)c3c(F)c(C4CC4)cc(F)c32)C1=O. The third-order valence-corrected chi connectivity index (χ3v) is 6.69. The topological polar surface area (TPSA) is 77.9 Å². The molecule has 2 aliphatic heterocycles. The second kappa shape index (κ2) is 7.03.